The van der Waals surface area contributed by atoms with E-state index in [1.54, 1.807) is 30.7 Å². The van der Waals surface area contributed by atoms with Gasteiger partial charge in [0.05, 0.1) is 5.69 Å². The number of halogens is 1. The Morgan fingerprint density at radius 1 is 1.07 bits per heavy atom. The fourth-order valence-corrected chi connectivity index (χ4v) is 4.10. The molecule has 5 nitrogen and oxygen atoms in total. The number of aromatic nitrogens is 2. The Morgan fingerprint density at radius 3 is 2.56 bits per heavy atom. The molecule has 1 saturated heterocycles. The van der Waals surface area contributed by atoms with Crippen molar-refractivity contribution in [2.75, 3.05) is 31.1 Å². The van der Waals surface area contributed by atoms with Gasteiger partial charge in [-0.1, -0.05) is 12.1 Å². The molecule has 1 aromatic carbocycles. The Labute approximate surface area is 161 Å². The fourth-order valence-electron chi connectivity index (χ4n) is 3.46. The van der Waals surface area contributed by atoms with Crippen LogP contribution in [0.4, 0.5) is 10.1 Å². The molecule has 140 valence electrons. The van der Waals surface area contributed by atoms with E-state index in [1.165, 1.54) is 23.0 Å². The zero-order chi connectivity index (χ0) is 18.6. The Kier molecular flexibility index (Phi) is 5.42. The molecule has 1 fully saturated rings. The Bertz CT molecular complexity index is 867. The number of rotatable bonds is 5. The average Bonchev–Trinajstić information content (AvgIpc) is 3.24. The molecule has 1 N–H and O–H groups in total. The van der Waals surface area contributed by atoms with Crippen LogP contribution in [0, 0.1) is 5.82 Å². The molecule has 0 spiro atoms. The van der Waals surface area contributed by atoms with E-state index in [0.29, 0.717) is 29.3 Å². The highest BCUT2D eigenvalue weighted by molar-refractivity contribution is 7.09. The minimum absolute atomic E-state index is 0.300. The predicted molar refractivity (Wildman–Crippen MR) is 104 cm³/mol. The van der Waals surface area contributed by atoms with Crippen LogP contribution in [-0.4, -0.2) is 46.2 Å². The summed E-state index contributed by atoms with van der Waals surface area (Å²) >= 11 is 1.37. The highest BCUT2D eigenvalue weighted by atomic mass is 32.1. The van der Waals surface area contributed by atoms with Gasteiger partial charge in [0.2, 0.25) is 0 Å². The summed E-state index contributed by atoms with van der Waals surface area (Å²) in [5, 5.41) is 13.1. The highest BCUT2D eigenvalue weighted by Crippen LogP contribution is 2.34. The van der Waals surface area contributed by atoms with Crippen molar-refractivity contribution >= 4 is 17.0 Å². The molecule has 0 aliphatic carbocycles. The minimum Gasteiger partial charge on any atom is -0.381 e. The van der Waals surface area contributed by atoms with Gasteiger partial charge in [-0.25, -0.2) is 9.37 Å². The Hall–Kier alpha value is -2.35. The van der Waals surface area contributed by atoms with Gasteiger partial charge in [0.1, 0.15) is 16.9 Å². The van der Waals surface area contributed by atoms with E-state index in [0.717, 1.165) is 19.6 Å². The maximum absolute atomic E-state index is 14.7. The first-order valence-electron chi connectivity index (χ1n) is 8.94. The summed E-state index contributed by atoms with van der Waals surface area (Å²) in [6.45, 7) is 3.96. The number of anilines is 1. The van der Waals surface area contributed by atoms with E-state index in [-0.39, 0.29) is 5.82 Å². The molecule has 0 amide bonds. The number of hydrogen-bond acceptors (Lipinski definition) is 6. The van der Waals surface area contributed by atoms with Gasteiger partial charge in [0.25, 0.3) is 0 Å². The smallest absolute Gasteiger partial charge is 0.146 e. The van der Waals surface area contributed by atoms with Crippen LogP contribution in [0.5, 0.6) is 0 Å². The van der Waals surface area contributed by atoms with Gasteiger partial charge < -0.3 is 10.0 Å². The highest BCUT2D eigenvalue weighted by Gasteiger charge is 2.26. The summed E-state index contributed by atoms with van der Waals surface area (Å²) in [7, 11) is 0. The number of pyridine rings is 1. The summed E-state index contributed by atoms with van der Waals surface area (Å²) in [5.41, 5.74) is 2.29. The lowest BCUT2D eigenvalue weighted by Crippen LogP contribution is -2.46. The molecule has 7 heteroatoms. The zero-order valence-electron chi connectivity index (χ0n) is 14.8. The quantitative estimate of drug-likeness (QED) is 0.733. The maximum Gasteiger partial charge on any atom is 0.146 e. The van der Waals surface area contributed by atoms with E-state index in [9.17, 15) is 9.50 Å². The first kappa shape index (κ1) is 18.0. The van der Waals surface area contributed by atoms with Crippen molar-refractivity contribution in [2.24, 2.45) is 0 Å². The number of aliphatic hydroxyl groups is 1. The van der Waals surface area contributed by atoms with Crippen molar-refractivity contribution < 1.29 is 9.50 Å². The van der Waals surface area contributed by atoms with Crippen molar-refractivity contribution in [3.8, 4) is 0 Å². The molecule has 4 rings (SSSR count). The number of nitrogens with zero attached hydrogens (tertiary/aromatic N) is 4. The first-order valence-corrected chi connectivity index (χ1v) is 9.82. The molecule has 1 atom stereocenters. The molecule has 1 unspecified atom stereocenters. The van der Waals surface area contributed by atoms with E-state index in [4.69, 9.17) is 0 Å². The van der Waals surface area contributed by atoms with Crippen LogP contribution < -0.4 is 4.90 Å². The predicted octanol–water partition coefficient (Wildman–Crippen LogP) is 3.08. The second-order valence-corrected chi connectivity index (χ2v) is 7.50. The summed E-state index contributed by atoms with van der Waals surface area (Å²) in [5.74, 6) is -0.300. The second-order valence-electron chi connectivity index (χ2n) is 6.57. The third-order valence-electron chi connectivity index (χ3n) is 4.84. The summed E-state index contributed by atoms with van der Waals surface area (Å²) in [4.78, 5) is 12.6. The topological polar surface area (TPSA) is 52.5 Å². The van der Waals surface area contributed by atoms with Gasteiger partial charge in [0.15, 0.2) is 0 Å². The van der Waals surface area contributed by atoms with Crippen LogP contribution in [0.1, 0.15) is 22.2 Å². The summed E-state index contributed by atoms with van der Waals surface area (Å²) < 4.78 is 14.7. The van der Waals surface area contributed by atoms with Gasteiger partial charge in [0, 0.05) is 62.3 Å². The van der Waals surface area contributed by atoms with Crippen LogP contribution in [0.2, 0.25) is 0 Å². The third-order valence-corrected chi connectivity index (χ3v) is 5.67. The fraction of sp³-hybridized carbons (Fsp3) is 0.300. The lowest BCUT2D eigenvalue weighted by molar-refractivity contribution is 0.218. The second kappa shape index (κ2) is 8.12. The van der Waals surface area contributed by atoms with Gasteiger partial charge >= 0.3 is 0 Å². The Morgan fingerprint density at radius 2 is 1.85 bits per heavy atom. The van der Waals surface area contributed by atoms with E-state index in [1.807, 2.05) is 22.4 Å². The number of piperazine rings is 1. The molecule has 0 saturated carbocycles. The average molecular weight is 384 g/mol. The number of thiazole rings is 1. The Balaban J connectivity index is 1.50. The van der Waals surface area contributed by atoms with Crippen LogP contribution in [-0.2, 0) is 6.54 Å². The minimum atomic E-state index is -0.912. The lowest BCUT2D eigenvalue weighted by atomic mass is 10.0. The summed E-state index contributed by atoms with van der Waals surface area (Å²) in [6, 6.07) is 8.92. The SMILES string of the molecule is OC(c1nccs1)c1cccc(F)c1N1CCN(Cc2ccncc2)CC1. The number of benzene rings is 1. The van der Waals surface area contributed by atoms with E-state index in [2.05, 4.69) is 14.9 Å². The zero-order valence-corrected chi connectivity index (χ0v) is 15.6. The monoisotopic (exact) mass is 384 g/mol. The molecule has 1 aliphatic heterocycles. The van der Waals surface area contributed by atoms with Crippen molar-refractivity contribution in [3.63, 3.8) is 0 Å². The lowest BCUT2D eigenvalue weighted by Gasteiger charge is -2.37. The molecule has 0 bridgehead atoms. The maximum atomic E-state index is 14.7. The van der Waals surface area contributed by atoms with Crippen molar-refractivity contribution in [3.05, 3.63) is 76.3 Å². The molecule has 2 aromatic heterocycles. The molecular formula is C20H21FN4OS. The van der Waals surface area contributed by atoms with Crippen molar-refractivity contribution in [1.29, 1.82) is 0 Å². The molecular weight excluding hydrogens is 363 g/mol. The molecule has 3 aromatic rings. The summed E-state index contributed by atoms with van der Waals surface area (Å²) in [6.07, 6.45) is 4.35. The molecule has 0 radical (unpaired) electrons. The van der Waals surface area contributed by atoms with E-state index >= 15 is 0 Å². The van der Waals surface area contributed by atoms with Crippen molar-refractivity contribution in [1.82, 2.24) is 14.9 Å². The van der Waals surface area contributed by atoms with Crippen LogP contribution in [0.25, 0.3) is 0 Å². The van der Waals surface area contributed by atoms with Crippen molar-refractivity contribution in [2.45, 2.75) is 12.6 Å². The normalized spacial score (nSPS) is 16.4. The first-order chi connectivity index (χ1) is 13.2. The van der Waals surface area contributed by atoms with Crippen LogP contribution in [0.15, 0.2) is 54.3 Å². The number of aliphatic hydroxyl groups excluding tert-OH is 1. The van der Waals surface area contributed by atoms with Gasteiger partial charge in [-0.2, -0.15) is 0 Å². The van der Waals surface area contributed by atoms with Gasteiger partial charge in [-0.05, 0) is 23.8 Å². The third kappa shape index (κ3) is 4.00. The molecule has 27 heavy (non-hydrogen) atoms. The van der Waals surface area contributed by atoms with Crippen LogP contribution >= 0.6 is 11.3 Å². The number of para-hydroxylation sites is 1. The van der Waals surface area contributed by atoms with E-state index < -0.39 is 6.10 Å². The number of hydrogen-bond donors (Lipinski definition) is 1. The van der Waals surface area contributed by atoms with Gasteiger partial charge in [-0.15, -0.1) is 11.3 Å². The van der Waals surface area contributed by atoms with Gasteiger partial charge in [-0.3, -0.25) is 9.88 Å². The van der Waals surface area contributed by atoms with Crippen LogP contribution in [0.3, 0.4) is 0 Å². The molecule has 3 heterocycles. The molecule has 1 aliphatic rings. The standard InChI is InChI=1S/C20H21FN4OS/c21-17-3-1-2-16(19(26)20-23-8-13-27-20)18(17)25-11-9-24(10-12-25)14-15-4-6-22-7-5-15/h1-8,13,19,26H,9-12,14H2. The largest absolute Gasteiger partial charge is 0.381 e.